The molecule has 19 heavy (non-hydrogen) atoms. The number of nitriles is 1. The quantitative estimate of drug-likeness (QED) is 0.880. The molecule has 2 heterocycles. The smallest absolute Gasteiger partial charge is 0.237 e. The first-order chi connectivity index (χ1) is 9.26. The number of amides is 1. The second-order valence-corrected chi connectivity index (χ2v) is 4.72. The fraction of sp³-hybridized carbons (Fsp3) is 0.500. The number of likely N-dealkylation sites (N-methyl/N-ethyl adjacent to an activating group) is 1. The summed E-state index contributed by atoms with van der Waals surface area (Å²) < 4.78 is 0. The molecule has 1 saturated heterocycles. The van der Waals surface area contributed by atoms with Crippen molar-refractivity contribution in [3.8, 4) is 6.07 Å². The number of carbonyl (C=O) groups is 1. The lowest BCUT2D eigenvalue weighted by Gasteiger charge is -2.34. The number of hydrogen-bond donors (Lipinski definition) is 1. The largest absolute Gasteiger partial charge is 0.358 e. The molecule has 0 spiro atoms. The number of rotatable bonds is 3. The lowest BCUT2D eigenvalue weighted by molar-refractivity contribution is -0.127. The molecular weight excluding hydrogens is 240 g/mol. The molecule has 1 atom stereocenters. The minimum atomic E-state index is -0.0921. The van der Waals surface area contributed by atoms with E-state index in [1.165, 1.54) is 0 Å². The van der Waals surface area contributed by atoms with E-state index in [9.17, 15) is 4.79 Å². The molecule has 1 aromatic rings. The summed E-state index contributed by atoms with van der Waals surface area (Å²) in [5, 5.41) is 11.8. The van der Waals surface area contributed by atoms with E-state index in [-0.39, 0.29) is 11.9 Å². The third-order valence-corrected chi connectivity index (χ3v) is 3.53. The van der Waals surface area contributed by atoms with Gasteiger partial charge in [0.15, 0.2) is 0 Å². The van der Waals surface area contributed by atoms with Crippen LogP contribution in [0.25, 0.3) is 0 Å². The monoisotopic (exact) mass is 258 g/mol. The molecule has 1 N–H and O–H groups in total. The van der Waals surface area contributed by atoms with Crippen molar-refractivity contribution in [1.82, 2.24) is 15.2 Å². The molecule has 1 amide bonds. The van der Waals surface area contributed by atoms with Gasteiger partial charge in [0.2, 0.25) is 5.91 Å². The topological polar surface area (TPSA) is 69.0 Å². The maximum Gasteiger partial charge on any atom is 0.237 e. The number of likely N-dealkylation sites (tertiary alicyclic amines) is 1. The highest BCUT2D eigenvalue weighted by Gasteiger charge is 2.28. The molecular formula is C14H18N4O. The van der Waals surface area contributed by atoms with E-state index < -0.39 is 0 Å². The Morgan fingerprint density at radius 1 is 1.63 bits per heavy atom. The van der Waals surface area contributed by atoms with Crippen molar-refractivity contribution in [2.24, 2.45) is 0 Å². The number of pyridine rings is 1. The van der Waals surface area contributed by atoms with Crippen LogP contribution < -0.4 is 5.32 Å². The van der Waals surface area contributed by atoms with Crippen molar-refractivity contribution < 1.29 is 4.79 Å². The van der Waals surface area contributed by atoms with Gasteiger partial charge in [-0.2, -0.15) is 5.26 Å². The summed E-state index contributed by atoms with van der Waals surface area (Å²) in [6, 6.07) is 5.74. The van der Waals surface area contributed by atoms with Crippen molar-refractivity contribution in [2.45, 2.75) is 31.8 Å². The van der Waals surface area contributed by atoms with Crippen molar-refractivity contribution >= 4 is 5.91 Å². The average molecular weight is 258 g/mol. The first kappa shape index (κ1) is 13.5. The molecule has 2 rings (SSSR count). The van der Waals surface area contributed by atoms with Gasteiger partial charge >= 0.3 is 0 Å². The van der Waals surface area contributed by atoms with Gasteiger partial charge in [-0.15, -0.1) is 0 Å². The number of piperidine rings is 1. The second-order valence-electron chi connectivity index (χ2n) is 4.72. The Kier molecular flexibility index (Phi) is 4.48. The fourth-order valence-corrected chi connectivity index (χ4v) is 2.53. The van der Waals surface area contributed by atoms with E-state index in [1.807, 2.05) is 12.1 Å². The number of hydrogen-bond acceptors (Lipinski definition) is 4. The predicted octanol–water partition coefficient (Wildman–Crippen LogP) is 1.05. The van der Waals surface area contributed by atoms with Crippen LogP contribution in [0.5, 0.6) is 0 Å². The molecule has 0 bridgehead atoms. The molecule has 0 radical (unpaired) electrons. The van der Waals surface area contributed by atoms with Crippen LogP contribution in [0, 0.1) is 11.3 Å². The molecule has 1 aliphatic heterocycles. The van der Waals surface area contributed by atoms with E-state index in [4.69, 9.17) is 5.26 Å². The van der Waals surface area contributed by atoms with E-state index in [2.05, 4.69) is 21.3 Å². The minimum Gasteiger partial charge on any atom is -0.358 e. The fourth-order valence-electron chi connectivity index (χ4n) is 2.53. The number of carbonyl (C=O) groups excluding carboxylic acids is 1. The summed E-state index contributed by atoms with van der Waals surface area (Å²) in [6.07, 6.45) is 4.67. The predicted molar refractivity (Wildman–Crippen MR) is 71.1 cm³/mol. The van der Waals surface area contributed by atoms with E-state index in [0.29, 0.717) is 12.2 Å². The highest BCUT2D eigenvalue weighted by atomic mass is 16.2. The zero-order valence-corrected chi connectivity index (χ0v) is 11.1. The molecule has 0 aliphatic carbocycles. The molecule has 0 aromatic carbocycles. The molecule has 1 aromatic heterocycles. The van der Waals surface area contributed by atoms with Crippen molar-refractivity contribution in [1.29, 1.82) is 5.26 Å². The normalized spacial score (nSPS) is 19.7. The number of nitrogens with one attached hydrogen (secondary N) is 1. The van der Waals surface area contributed by atoms with E-state index >= 15 is 0 Å². The van der Waals surface area contributed by atoms with Gasteiger partial charge in [-0.05, 0) is 25.5 Å². The zero-order chi connectivity index (χ0) is 13.7. The van der Waals surface area contributed by atoms with Crippen LogP contribution in [0.1, 0.15) is 30.5 Å². The Morgan fingerprint density at radius 2 is 2.47 bits per heavy atom. The van der Waals surface area contributed by atoms with Gasteiger partial charge in [0, 0.05) is 25.4 Å². The first-order valence-corrected chi connectivity index (χ1v) is 6.56. The van der Waals surface area contributed by atoms with Gasteiger partial charge in [0.1, 0.15) is 11.8 Å². The van der Waals surface area contributed by atoms with Crippen LogP contribution in [-0.2, 0) is 11.3 Å². The molecule has 5 nitrogen and oxygen atoms in total. The molecule has 1 unspecified atom stereocenters. The van der Waals surface area contributed by atoms with Crippen molar-refractivity contribution in [2.75, 3.05) is 13.6 Å². The van der Waals surface area contributed by atoms with E-state index in [1.54, 1.807) is 13.2 Å². The number of nitrogens with zero attached hydrogens (tertiary/aromatic N) is 3. The van der Waals surface area contributed by atoms with E-state index in [0.717, 1.165) is 31.4 Å². The van der Waals surface area contributed by atoms with Gasteiger partial charge in [-0.25, -0.2) is 4.98 Å². The maximum atomic E-state index is 11.9. The molecule has 1 fully saturated rings. The summed E-state index contributed by atoms with van der Waals surface area (Å²) in [6.45, 7) is 1.49. The minimum absolute atomic E-state index is 0.0575. The SMILES string of the molecule is CNC(=O)C1CCCCN1Cc1cccnc1C#N. The number of aromatic nitrogens is 1. The Hall–Kier alpha value is -1.93. The van der Waals surface area contributed by atoms with Gasteiger partial charge in [-0.3, -0.25) is 9.69 Å². The third kappa shape index (κ3) is 3.09. The van der Waals surface area contributed by atoms with Crippen LogP contribution in [0.15, 0.2) is 18.3 Å². The summed E-state index contributed by atoms with van der Waals surface area (Å²) in [7, 11) is 1.67. The molecule has 5 heteroatoms. The maximum absolute atomic E-state index is 11.9. The van der Waals surface area contributed by atoms with Crippen LogP contribution in [0.4, 0.5) is 0 Å². The van der Waals surface area contributed by atoms with Gasteiger partial charge in [-0.1, -0.05) is 12.5 Å². The Morgan fingerprint density at radius 3 is 3.21 bits per heavy atom. The lowest BCUT2D eigenvalue weighted by atomic mass is 10.00. The van der Waals surface area contributed by atoms with Gasteiger partial charge in [0.05, 0.1) is 6.04 Å². The first-order valence-electron chi connectivity index (χ1n) is 6.56. The van der Waals surface area contributed by atoms with Crippen LogP contribution >= 0.6 is 0 Å². The lowest BCUT2D eigenvalue weighted by Crippen LogP contribution is -2.48. The zero-order valence-electron chi connectivity index (χ0n) is 11.1. The van der Waals surface area contributed by atoms with Gasteiger partial charge in [0.25, 0.3) is 0 Å². The summed E-state index contributed by atoms with van der Waals surface area (Å²) in [5.74, 6) is 0.0575. The van der Waals surface area contributed by atoms with Crippen LogP contribution in [0.2, 0.25) is 0 Å². The summed E-state index contributed by atoms with van der Waals surface area (Å²) in [4.78, 5) is 18.1. The molecule has 100 valence electrons. The Labute approximate surface area is 113 Å². The highest BCUT2D eigenvalue weighted by Crippen LogP contribution is 2.20. The summed E-state index contributed by atoms with van der Waals surface area (Å²) >= 11 is 0. The Bertz CT molecular complexity index is 494. The highest BCUT2D eigenvalue weighted by molar-refractivity contribution is 5.81. The second kappa shape index (κ2) is 6.30. The Balaban J connectivity index is 2.16. The van der Waals surface area contributed by atoms with Crippen LogP contribution in [-0.4, -0.2) is 35.4 Å². The molecule has 1 aliphatic rings. The molecule has 0 saturated carbocycles. The van der Waals surface area contributed by atoms with Crippen LogP contribution in [0.3, 0.4) is 0 Å². The standard InChI is InChI=1S/C14H18N4O/c1-16-14(19)13-6-2-3-8-18(13)10-11-5-4-7-17-12(11)9-15/h4-5,7,13H,2-3,6,8,10H2,1H3,(H,16,19). The summed E-state index contributed by atoms with van der Waals surface area (Å²) in [5.41, 5.74) is 1.34. The third-order valence-electron chi connectivity index (χ3n) is 3.53. The van der Waals surface area contributed by atoms with Crippen molar-refractivity contribution in [3.63, 3.8) is 0 Å². The van der Waals surface area contributed by atoms with Gasteiger partial charge < -0.3 is 5.32 Å². The van der Waals surface area contributed by atoms with Crippen molar-refractivity contribution in [3.05, 3.63) is 29.6 Å². The average Bonchev–Trinajstić information content (AvgIpc) is 2.47.